The number of carbonyl (C=O) groups excluding carboxylic acids is 2. The van der Waals surface area contributed by atoms with Crippen molar-refractivity contribution in [1.29, 1.82) is 0 Å². The van der Waals surface area contributed by atoms with Crippen LogP contribution < -0.4 is 14.8 Å². The van der Waals surface area contributed by atoms with Gasteiger partial charge in [-0.15, -0.1) is 0 Å². The fourth-order valence-corrected chi connectivity index (χ4v) is 5.11. The Labute approximate surface area is 225 Å². The normalized spacial score (nSPS) is 16.8. The molecule has 0 fully saturated rings. The van der Waals surface area contributed by atoms with Crippen LogP contribution >= 0.6 is 0 Å². The van der Waals surface area contributed by atoms with Crippen LogP contribution in [-0.2, 0) is 6.42 Å². The van der Waals surface area contributed by atoms with Crippen molar-refractivity contribution in [3.05, 3.63) is 113 Å². The van der Waals surface area contributed by atoms with Gasteiger partial charge in [0.05, 0.1) is 18.2 Å². The van der Waals surface area contributed by atoms with Gasteiger partial charge in [0.15, 0.2) is 0 Å². The molecule has 2 N–H and O–H groups in total. The minimum absolute atomic E-state index is 0.117. The van der Waals surface area contributed by atoms with E-state index in [1.54, 1.807) is 24.4 Å². The van der Waals surface area contributed by atoms with Crippen LogP contribution in [0.2, 0.25) is 0 Å². The Kier molecular flexibility index (Phi) is 6.59. The average Bonchev–Trinajstić information content (AvgIpc) is 2.97. The standard InChI is InChI=1S/C31H27N3O5/c35-28-11-9-24-19-26(28)30(36)33-14-4-16-38-22-6-3-5-21(18-22)29-25-10-8-23(39-24)17-20(25)12-15-34(29)31(37)27-7-1-2-13-32-27/h1-3,5-11,13,17-19,29,35H,4,12,14-16H2,(H,33,36). The fraction of sp³-hybridized carbons (Fsp3) is 0.194. The maximum absolute atomic E-state index is 13.6. The number of carbonyl (C=O) groups is 2. The summed E-state index contributed by atoms with van der Waals surface area (Å²) in [4.78, 5) is 32.5. The number of nitrogens with zero attached hydrogens (tertiary/aromatic N) is 2. The predicted molar refractivity (Wildman–Crippen MR) is 144 cm³/mol. The number of benzene rings is 3. The largest absolute Gasteiger partial charge is 0.507 e. The van der Waals surface area contributed by atoms with Crippen molar-refractivity contribution in [2.45, 2.75) is 18.9 Å². The first kappa shape index (κ1) is 24.5. The quantitative estimate of drug-likeness (QED) is 0.370. The number of rotatable bonds is 1. The number of nitrogens with one attached hydrogen (secondary N) is 1. The van der Waals surface area contributed by atoms with E-state index in [9.17, 15) is 14.7 Å². The zero-order valence-corrected chi connectivity index (χ0v) is 21.2. The molecule has 3 aliphatic heterocycles. The molecule has 8 nitrogen and oxygen atoms in total. The topological polar surface area (TPSA) is 101 Å². The van der Waals surface area contributed by atoms with Gasteiger partial charge in [-0.05, 0) is 84.1 Å². The third-order valence-corrected chi connectivity index (χ3v) is 6.99. The lowest BCUT2D eigenvalue weighted by Gasteiger charge is -2.38. The molecule has 3 aliphatic rings. The second-order valence-corrected chi connectivity index (χ2v) is 9.54. The van der Waals surface area contributed by atoms with Crippen LogP contribution in [0, 0.1) is 0 Å². The van der Waals surface area contributed by atoms with E-state index in [-0.39, 0.29) is 29.2 Å². The van der Waals surface area contributed by atoms with Gasteiger partial charge < -0.3 is 24.8 Å². The minimum Gasteiger partial charge on any atom is -0.507 e. The van der Waals surface area contributed by atoms with Gasteiger partial charge in [0.25, 0.3) is 11.8 Å². The van der Waals surface area contributed by atoms with E-state index in [1.165, 1.54) is 12.1 Å². The molecule has 196 valence electrons. The lowest BCUT2D eigenvalue weighted by Crippen LogP contribution is -2.41. The summed E-state index contributed by atoms with van der Waals surface area (Å²) in [5.41, 5.74) is 3.54. The van der Waals surface area contributed by atoms with Crippen molar-refractivity contribution in [1.82, 2.24) is 15.2 Å². The van der Waals surface area contributed by atoms with E-state index in [0.717, 1.165) is 16.7 Å². The van der Waals surface area contributed by atoms with Gasteiger partial charge in [0.2, 0.25) is 0 Å². The fourth-order valence-electron chi connectivity index (χ4n) is 5.11. The van der Waals surface area contributed by atoms with E-state index in [2.05, 4.69) is 10.3 Å². The number of amides is 2. The SMILES string of the molecule is O=C1NCCCOc2cccc(c2)C2c3ccc(cc3CCN2C(=O)c2ccccn2)Oc2ccc(O)c1c2. The van der Waals surface area contributed by atoms with Crippen LogP contribution in [-0.4, -0.2) is 46.5 Å². The molecular formula is C31H27N3O5. The first-order valence-corrected chi connectivity index (χ1v) is 12.9. The van der Waals surface area contributed by atoms with Crippen molar-refractivity contribution < 1.29 is 24.2 Å². The summed E-state index contributed by atoms with van der Waals surface area (Å²) in [6, 6.07) is 23.2. The summed E-state index contributed by atoms with van der Waals surface area (Å²) in [5, 5.41) is 13.1. The van der Waals surface area contributed by atoms with E-state index >= 15 is 0 Å². The highest BCUT2D eigenvalue weighted by Gasteiger charge is 2.33. The Hall–Kier alpha value is -4.85. The molecule has 0 saturated carbocycles. The third kappa shape index (κ3) is 5.01. The van der Waals surface area contributed by atoms with Crippen molar-refractivity contribution in [3.63, 3.8) is 0 Å². The van der Waals surface area contributed by atoms with E-state index in [4.69, 9.17) is 9.47 Å². The summed E-state index contributed by atoms with van der Waals surface area (Å²) < 4.78 is 12.1. The average molecular weight is 522 g/mol. The number of aromatic nitrogens is 1. The molecule has 2 amide bonds. The maximum atomic E-state index is 13.6. The van der Waals surface area contributed by atoms with Crippen molar-refractivity contribution in [2.24, 2.45) is 0 Å². The Morgan fingerprint density at radius 1 is 0.974 bits per heavy atom. The molecule has 1 unspecified atom stereocenters. The zero-order chi connectivity index (χ0) is 26.8. The number of ether oxygens (including phenoxy) is 2. The Balaban J connectivity index is 1.43. The molecular weight excluding hydrogens is 494 g/mol. The highest BCUT2D eigenvalue weighted by molar-refractivity contribution is 5.97. The smallest absolute Gasteiger partial charge is 0.273 e. The molecule has 3 aromatic carbocycles. The van der Waals surface area contributed by atoms with Crippen LogP contribution in [0.3, 0.4) is 0 Å². The van der Waals surface area contributed by atoms with Gasteiger partial charge >= 0.3 is 0 Å². The van der Waals surface area contributed by atoms with Gasteiger partial charge in [-0.3, -0.25) is 14.6 Å². The Morgan fingerprint density at radius 2 is 1.85 bits per heavy atom. The number of fused-ring (bicyclic) bond motifs is 6. The molecule has 39 heavy (non-hydrogen) atoms. The van der Waals surface area contributed by atoms with E-state index in [1.807, 2.05) is 53.4 Å². The molecule has 1 atom stereocenters. The molecule has 4 aromatic rings. The number of hydrogen-bond acceptors (Lipinski definition) is 6. The summed E-state index contributed by atoms with van der Waals surface area (Å²) in [6.07, 6.45) is 2.84. The second-order valence-electron chi connectivity index (χ2n) is 9.54. The van der Waals surface area contributed by atoms with Gasteiger partial charge in [-0.1, -0.05) is 24.3 Å². The molecule has 4 heterocycles. The van der Waals surface area contributed by atoms with Crippen LogP contribution in [0.5, 0.6) is 23.0 Å². The number of aromatic hydroxyl groups is 1. The van der Waals surface area contributed by atoms with Crippen LogP contribution in [0.1, 0.15) is 50.0 Å². The molecule has 8 heteroatoms. The van der Waals surface area contributed by atoms with Gasteiger partial charge in [-0.2, -0.15) is 0 Å². The van der Waals surface area contributed by atoms with Crippen molar-refractivity contribution in [3.8, 4) is 23.0 Å². The van der Waals surface area contributed by atoms with Crippen molar-refractivity contribution in [2.75, 3.05) is 19.7 Å². The second kappa shape index (κ2) is 10.5. The first-order valence-electron chi connectivity index (χ1n) is 12.9. The Morgan fingerprint density at radius 3 is 2.72 bits per heavy atom. The molecule has 7 rings (SSSR count). The number of hydrogen-bond donors (Lipinski definition) is 2. The minimum atomic E-state index is -0.382. The van der Waals surface area contributed by atoms with Gasteiger partial charge in [-0.25, -0.2) is 0 Å². The highest BCUT2D eigenvalue weighted by Crippen LogP contribution is 2.39. The number of phenols is 1. The van der Waals surface area contributed by atoms with Gasteiger partial charge in [0.1, 0.15) is 28.7 Å². The first-order chi connectivity index (χ1) is 19.1. The summed E-state index contributed by atoms with van der Waals surface area (Å²) in [5.74, 6) is 1.09. The highest BCUT2D eigenvalue weighted by atomic mass is 16.5. The molecule has 0 spiro atoms. The number of pyridine rings is 1. The Bertz CT molecular complexity index is 1540. The van der Waals surface area contributed by atoms with Crippen molar-refractivity contribution >= 4 is 11.8 Å². The summed E-state index contributed by atoms with van der Waals surface area (Å²) in [6.45, 7) is 1.27. The molecule has 0 radical (unpaired) electrons. The lowest BCUT2D eigenvalue weighted by atomic mass is 9.87. The summed E-state index contributed by atoms with van der Waals surface area (Å²) >= 11 is 0. The van der Waals surface area contributed by atoms with Crippen LogP contribution in [0.15, 0.2) is 85.1 Å². The molecule has 0 saturated heterocycles. The number of phenolic OH excluding ortho intramolecular Hbond substituents is 1. The van der Waals surface area contributed by atoms with E-state index < -0.39 is 0 Å². The van der Waals surface area contributed by atoms with Crippen LogP contribution in [0.25, 0.3) is 0 Å². The maximum Gasteiger partial charge on any atom is 0.273 e. The molecule has 8 bridgehead atoms. The van der Waals surface area contributed by atoms with Crippen LogP contribution in [0.4, 0.5) is 0 Å². The summed E-state index contributed by atoms with van der Waals surface area (Å²) in [7, 11) is 0. The lowest BCUT2D eigenvalue weighted by molar-refractivity contribution is 0.0688. The molecule has 1 aromatic heterocycles. The molecule has 0 aliphatic carbocycles. The third-order valence-electron chi connectivity index (χ3n) is 6.99. The predicted octanol–water partition coefficient (Wildman–Crippen LogP) is 4.88. The van der Waals surface area contributed by atoms with E-state index in [0.29, 0.717) is 55.5 Å². The zero-order valence-electron chi connectivity index (χ0n) is 21.2. The van der Waals surface area contributed by atoms with Gasteiger partial charge in [0, 0.05) is 19.3 Å². The monoisotopic (exact) mass is 521 g/mol.